The molecule has 1 heterocycles. The van der Waals surface area contributed by atoms with Crippen molar-refractivity contribution in [3.63, 3.8) is 0 Å². The third-order valence-corrected chi connectivity index (χ3v) is 6.55. The number of benzene rings is 2. The molecular formula is C23H24F3N3O3. The molecule has 0 atom stereocenters. The number of amides is 1. The second-order valence-electron chi connectivity index (χ2n) is 8.58. The molecule has 1 saturated carbocycles. The zero-order valence-electron chi connectivity index (χ0n) is 17.4. The fraction of sp³-hybridized carbons (Fsp3) is 0.435. The summed E-state index contributed by atoms with van der Waals surface area (Å²) in [6, 6.07) is 12.7. The van der Waals surface area contributed by atoms with E-state index in [4.69, 9.17) is 0 Å². The van der Waals surface area contributed by atoms with Gasteiger partial charge in [-0.05, 0) is 43.4 Å². The van der Waals surface area contributed by atoms with Gasteiger partial charge in [0.05, 0.1) is 10.5 Å². The van der Waals surface area contributed by atoms with Crippen molar-refractivity contribution in [2.75, 3.05) is 24.5 Å². The van der Waals surface area contributed by atoms with Gasteiger partial charge in [-0.2, -0.15) is 13.2 Å². The van der Waals surface area contributed by atoms with E-state index in [2.05, 4.69) is 17.4 Å². The van der Waals surface area contributed by atoms with Gasteiger partial charge in [0.2, 0.25) is 5.91 Å². The summed E-state index contributed by atoms with van der Waals surface area (Å²) in [4.78, 5) is 25.0. The van der Waals surface area contributed by atoms with Gasteiger partial charge in [-0.3, -0.25) is 14.9 Å². The predicted molar refractivity (Wildman–Crippen MR) is 113 cm³/mol. The van der Waals surface area contributed by atoms with Crippen LogP contribution >= 0.6 is 0 Å². The molecule has 0 spiro atoms. The molecule has 0 unspecified atom stereocenters. The Kier molecular flexibility index (Phi) is 5.83. The summed E-state index contributed by atoms with van der Waals surface area (Å²) in [5.41, 5.74) is -0.221. The van der Waals surface area contributed by atoms with Crippen molar-refractivity contribution in [2.24, 2.45) is 5.92 Å². The molecule has 170 valence electrons. The average Bonchev–Trinajstić information content (AvgIpc) is 3.58. The SMILES string of the molecule is O=C(NCC1(c2ccccc2)CC1)C1CCN(c2ccc(C(F)(F)F)cc2[N+](=O)[O-])CC1. The van der Waals surface area contributed by atoms with Gasteiger partial charge in [0, 0.05) is 37.0 Å². The van der Waals surface area contributed by atoms with E-state index >= 15 is 0 Å². The molecule has 6 nitrogen and oxygen atoms in total. The van der Waals surface area contributed by atoms with Crippen LogP contribution in [0.5, 0.6) is 0 Å². The molecule has 32 heavy (non-hydrogen) atoms. The number of hydrogen-bond donors (Lipinski definition) is 1. The first kappa shape index (κ1) is 22.1. The Morgan fingerprint density at radius 1 is 1.12 bits per heavy atom. The van der Waals surface area contributed by atoms with Crippen LogP contribution in [0, 0.1) is 16.0 Å². The highest BCUT2D eigenvalue weighted by atomic mass is 19.4. The molecule has 1 N–H and O–H groups in total. The molecule has 0 aromatic heterocycles. The molecule has 1 amide bonds. The normalized spacial score (nSPS) is 18.3. The summed E-state index contributed by atoms with van der Waals surface area (Å²) in [7, 11) is 0. The number of nitrogens with zero attached hydrogens (tertiary/aromatic N) is 2. The van der Waals surface area contributed by atoms with Gasteiger partial charge in [-0.25, -0.2) is 0 Å². The summed E-state index contributed by atoms with van der Waals surface area (Å²) in [6.45, 7) is 1.32. The number of nitro groups is 1. The van der Waals surface area contributed by atoms with Crippen LogP contribution in [-0.2, 0) is 16.4 Å². The molecule has 2 aromatic carbocycles. The van der Waals surface area contributed by atoms with E-state index in [-0.39, 0.29) is 22.9 Å². The standard InChI is InChI=1S/C23H24F3N3O3/c24-23(25,26)18-6-7-19(20(14-18)29(31)32)28-12-8-16(9-13-28)21(30)27-15-22(10-11-22)17-4-2-1-3-5-17/h1-7,14,16H,8-13,15H2,(H,27,30). The molecule has 0 bridgehead atoms. The topological polar surface area (TPSA) is 75.5 Å². The van der Waals surface area contributed by atoms with E-state index in [1.165, 1.54) is 5.56 Å². The Hall–Kier alpha value is -3.10. The number of carbonyl (C=O) groups excluding carboxylic acids is 1. The fourth-order valence-electron chi connectivity index (χ4n) is 4.41. The van der Waals surface area contributed by atoms with Crippen molar-refractivity contribution in [1.29, 1.82) is 0 Å². The number of carbonyl (C=O) groups is 1. The molecule has 2 aliphatic rings. The zero-order valence-corrected chi connectivity index (χ0v) is 17.4. The number of nitrogens with one attached hydrogen (secondary N) is 1. The Balaban J connectivity index is 1.36. The van der Waals surface area contributed by atoms with Crippen LogP contribution in [0.15, 0.2) is 48.5 Å². The predicted octanol–water partition coefficient (Wildman–Crippen LogP) is 4.68. The van der Waals surface area contributed by atoms with E-state index in [1.54, 1.807) is 4.90 Å². The second-order valence-corrected chi connectivity index (χ2v) is 8.58. The van der Waals surface area contributed by atoms with Gasteiger partial charge in [0.25, 0.3) is 5.69 Å². The molecule has 2 aromatic rings. The smallest absolute Gasteiger partial charge is 0.366 e. The van der Waals surface area contributed by atoms with Crippen LogP contribution in [0.4, 0.5) is 24.5 Å². The summed E-state index contributed by atoms with van der Waals surface area (Å²) in [5, 5.41) is 14.4. The molecular weight excluding hydrogens is 423 g/mol. The third kappa shape index (κ3) is 4.56. The highest BCUT2D eigenvalue weighted by Gasteiger charge is 2.44. The van der Waals surface area contributed by atoms with Crippen LogP contribution in [0.3, 0.4) is 0 Å². The van der Waals surface area contributed by atoms with Gasteiger partial charge in [-0.1, -0.05) is 30.3 Å². The highest BCUT2D eigenvalue weighted by Crippen LogP contribution is 2.47. The maximum atomic E-state index is 12.9. The number of halogens is 3. The Morgan fingerprint density at radius 2 is 1.78 bits per heavy atom. The fourth-order valence-corrected chi connectivity index (χ4v) is 4.41. The van der Waals surface area contributed by atoms with Gasteiger partial charge in [-0.15, -0.1) is 0 Å². The van der Waals surface area contributed by atoms with Crippen LogP contribution in [0.1, 0.15) is 36.8 Å². The van der Waals surface area contributed by atoms with E-state index in [9.17, 15) is 28.1 Å². The van der Waals surface area contributed by atoms with Gasteiger partial charge < -0.3 is 10.2 Å². The van der Waals surface area contributed by atoms with Crippen LogP contribution in [0.2, 0.25) is 0 Å². The van der Waals surface area contributed by atoms with Crippen molar-refractivity contribution >= 4 is 17.3 Å². The highest BCUT2D eigenvalue weighted by molar-refractivity contribution is 5.79. The maximum absolute atomic E-state index is 12.9. The molecule has 4 rings (SSSR count). The number of anilines is 1. The van der Waals surface area contributed by atoms with Gasteiger partial charge in [0.15, 0.2) is 0 Å². The summed E-state index contributed by atoms with van der Waals surface area (Å²) < 4.78 is 38.8. The van der Waals surface area contributed by atoms with Crippen LogP contribution < -0.4 is 10.2 Å². The van der Waals surface area contributed by atoms with E-state index in [1.807, 2.05) is 18.2 Å². The monoisotopic (exact) mass is 447 g/mol. The average molecular weight is 447 g/mol. The lowest BCUT2D eigenvalue weighted by molar-refractivity contribution is -0.384. The molecule has 9 heteroatoms. The Labute approximate surface area is 183 Å². The molecule has 2 fully saturated rings. The van der Waals surface area contributed by atoms with Crippen molar-refractivity contribution < 1.29 is 22.9 Å². The first-order chi connectivity index (χ1) is 15.2. The lowest BCUT2D eigenvalue weighted by atomic mass is 9.93. The number of alkyl halides is 3. The number of piperidine rings is 1. The minimum Gasteiger partial charge on any atom is -0.366 e. The van der Waals surface area contributed by atoms with Gasteiger partial charge in [0.1, 0.15) is 5.69 Å². The lowest BCUT2D eigenvalue weighted by Gasteiger charge is -2.33. The van der Waals surface area contributed by atoms with Crippen LogP contribution in [-0.4, -0.2) is 30.5 Å². The van der Waals surface area contributed by atoms with Crippen molar-refractivity contribution in [2.45, 2.75) is 37.3 Å². The quantitative estimate of drug-likeness (QED) is 0.516. The second kappa shape index (κ2) is 8.44. The first-order valence-corrected chi connectivity index (χ1v) is 10.6. The third-order valence-electron chi connectivity index (χ3n) is 6.55. The van der Waals surface area contributed by atoms with E-state index < -0.39 is 22.4 Å². The maximum Gasteiger partial charge on any atom is 0.416 e. The van der Waals surface area contributed by atoms with Crippen molar-refractivity contribution in [1.82, 2.24) is 5.32 Å². The molecule has 1 saturated heterocycles. The minimum absolute atomic E-state index is 0.0124. The van der Waals surface area contributed by atoms with Crippen molar-refractivity contribution in [3.8, 4) is 0 Å². The number of rotatable bonds is 6. The largest absolute Gasteiger partial charge is 0.416 e. The Morgan fingerprint density at radius 3 is 2.34 bits per heavy atom. The molecule has 1 aliphatic heterocycles. The minimum atomic E-state index is -4.65. The van der Waals surface area contributed by atoms with E-state index in [0.29, 0.717) is 38.5 Å². The zero-order chi connectivity index (χ0) is 22.9. The molecule has 0 radical (unpaired) electrons. The van der Waals surface area contributed by atoms with Crippen molar-refractivity contribution in [3.05, 3.63) is 69.8 Å². The van der Waals surface area contributed by atoms with E-state index in [0.717, 1.165) is 25.0 Å². The lowest BCUT2D eigenvalue weighted by Crippen LogP contribution is -2.42. The van der Waals surface area contributed by atoms with Gasteiger partial charge >= 0.3 is 6.18 Å². The number of hydrogen-bond acceptors (Lipinski definition) is 4. The van der Waals surface area contributed by atoms with Crippen LogP contribution in [0.25, 0.3) is 0 Å². The summed E-state index contributed by atoms with van der Waals surface area (Å²) in [5.74, 6) is -0.250. The summed E-state index contributed by atoms with van der Waals surface area (Å²) in [6.07, 6.45) is -1.60. The molecule has 1 aliphatic carbocycles. The Bertz CT molecular complexity index is 999. The summed E-state index contributed by atoms with van der Waals surface area (Å²) >= 11 is 0. The number of nitro benzene ring substituents is 1. The first-order valence-electron chi connectivity index (χ1n) is 10.6.